The molecule has 0 saturated heterocycles. The molecule has 0 aliphatic carbocycles. The quantitative estimate of drug-likeness (QED) is 0.530. The lowest BCUT2D eigenvalue weighted by Gasteiger charge is -2.21. The van der Waals surface area contributed by atoms with Crippen LogP contribution in [-0.2, 0) is 19.6 Å². The zero-order valence-corrected chi connectivity index (χ0v) is 17.1. The van der Waals surface area contributed by atoms with Crippen molar-refractivity contribution in [3.8, 4) is 5.75 Å². The maximum absolute atomic E-state index is 13.3. The first-order chi connectivity index (χ1) is 13.8. The van der Waals surface area contributed by atoms with Crippen LogP contribution in [0.2, 0.25) is 0 Å². The van der Waals surface area contributed by atoms with Gasteiger partial charge in [0, 0.05) is 5.92 Å². The van der Waals surface area contributed by atoms with Gasteiger partial charge in [0.1, 0.15) is 10.7 Å². The third-order valence-corrected chi connectivity index (χ3v) is 5.90. The van der Waals surface area contributed by atoms with Crippen LogP contribution >= 0.6 is 0 Å². The molecule has 9 nitrogen and oxygen atoms in total. The summed E-state index contributed by atoms with van der Waals surface area (Å²) >= 11 is 0. The fraction of sp³-hybridized carbons (Fsp3) is 0.421. The van der Waals surface area contributed by atoms with Crippen molar-refractivity contribution in [1.29, 1.82) is 0 Å². The minimum Gasteiger partial charge on any atom is -0.464 e. The molecule has 1 aliphatic rings. The molecule has 0 amide bonds. The Kier molecular flexibility index (Phi) is 6.04. The van der Waals surface area contributed by atoms with Crippen molar-refractivity contribution in [3.63, 3.8) is 0 Å². The van der Waals surface area contributed by atoms with Crippen molar-refractivity contribution in [2.24, 2.45) is 0 Å². The average molecular weight is 422 g/mol. The predicted octanol–water partition coefficient (Wildman–Crippen LogP) is 1.88. The number of nitrogens with zero attached hydrogens (tertiary/aromatic N) is 2. The van der Waals surface area contributed by atoms with Crippen molar-refractivity contribution < 1.29 is 26.9 Å². The van der Waals surface area contributed by atoms with Crippen LogP contribution in [0.25, 0.3) is 0 Å². The van der Waals surface area contributed by atoms with Gasteiger partial charge in [0.25, 0.3) is 5.56 Å². The number of methoxy groups -OCH3 is 1. The summed E-state index contributed by atoms with van der Waals surface area (Å²) in [6, 6.07) is 6.96. The van der Waals surface area contributed by atoms with Crippen LogP contribution in [-0.4, -0.2) is 44.3 Å². The second-order valence-electron chi connectivity index (χ2n) is 6.67. The predicted molar refractivity (Wildman–Crippen MR) is 103 cm³/mol. The number of hydrogen-bond acceptors (Lipinski definition) is 8. The van der Waals surface area contributed by atoms with Crippen LogP contribution in [0.1, 0.15) is 48.5 Å². The van der Waals surface area contributed by atoms with E-state index in [0.717, 1.165) is 7.11 Å². The minimum absolute atomic E-state index is 0.154. The van der Waals surface area contributed by atoms with E-state index >= 15 is 0 Å². The zero-order chi connectivity index (χ0) is 21.2. The van der Waals surface area contributed by atoms with Gasteiger partial charge >= 0.3 is 16.1 Å². The maximum Gasteiger partial charge on any atom is 0.360 e. The summed E-state index contributed by atoms with van der Waals surface area (Å²) in [5, 5.41) is 0. The van der Waals surface area contributed by atoms with Gasteiger partial charge in [0.2, 0.25) is 5.75 Å². The Labute approximate surface area is 168 Å². The highest BCUT2D eigenvalue weighted by atomic mass is 32.2. The highest BCUT2D eigenvalue weighted by Gasteiger charge is 2.33. The molecule has 0 N–H and O–H groups in total. The van der Waals surface area contributed by atoms with Gasteiger partial charge in [-0.3, -0.25) is 9.36 Å². The standard InChI is InChI=1S/C19H22N2O7S/c1-4-13-11-27-10-12(2)17-20-15(19(23)26-3)16(18(22)21(13)17)28-29(24,25)14-8-6-5-7-9-14/h5-9,12-13H,4,10-11H2,1-3H3/t12-,13+/m1/s1. The van der Waals surface area contributed by atoms with E-state index in [-0.39, 0.29) is 23.5 Å². The third-order valence-electron chi connectivity index (χ3n) is 4.66. The van der Waals surface area contributed by atoms with Crippen molar-refractivity contribution in [1.82, 2.24) is 9.55 Å². The number of carbonyl (C=O) groups excluding carboxylic acids is 1. The first kappa shape index (κ1) is 21.0. The van der Waals surface area contributed by atoms with Gasteiger partial charge in [0.05, 0.1) is 26.4 Å². The second-order valence-corrected chi connectivity index (χ2v) is 8.21. The summed E-state index contributed by atoms with van der Waals surface area (Å²) in [5.74, 6) is -1.61. The first-order valence-electron chi connectivity index (χ1n) is 9.12. The summed E-state index contributed by atoms with van der Waals surface area (Å²) in [6.07, 6.45) is 0.545. The summed E-state index contributed by atoms with van der Waals surface area (Å²) in [7, 11) is -3.25. The summed E-state index contributed by atoms with van der Waals surface area (Å²) in [5.41, 5.74) is -1.24. The molecule has 1 aliphatic heterocycles. The Balaban J connectivity index is 2.24. The van der Waals surface area contributed by atoms with Gasteiger partial charge in [0.15, 0.2) is 5.69 Å². The fourth-order valence-electron chi connectivity index (χ4n) is 3.12. The normalized spacial score (nSPS) is 19.1. The van der Waals surface area contributed by atoms with E-state index < -0.39 is 33.1 Å². The van der Waals surface area contributed by atoms with Crippen LogP contribution in [0.15, 0.2) is 40.0 Å². The molecule has 1 aromatic carbocycles. The SMILES string of the molecule is CC[C@H]1COC[C@@H](C)c2nc(C(=O)OC)c(OS(=O)(=O)c3ccccc3)c(=O)n21. The van der Waals surface area contributed by atoms with Crippen molar-refractivity contribution in [2.45, 2.75) is 37.1 Å². The van der Waals surface area contributed by atoms with Crippen LogP contribution in [0.3, 0.4) is 0 Å². The lowest BCUT2D eigenvalue weighted by Crippen LogP contribution is -2.34. The molecular weight excluding hydrogens is 400 g/mol. The lowest BCUT2D eigenvalue weighted by atomic mass is 10.1. The van der Waals surface area contributed by atoms with Crippen molar-refractivity contribution in [3.05, 3.63) is 52.2 Å². The minimum atomic E-state index is -4.37. The van der Waals surface area contributed by atoms with E-state index in [9.17, 15) is 18.0 Å². The molecule has 2 heterocycles. The number of carbonyl (C=O) groups is 1. The molecule has 0 fully saturated rings. The first-order valence-corrected chi connectivity index (χ1v) is 10.5. The van der Waals surface area contributed by atoms with Gasteiger partial charge in [-0.25, -0.2) is 9.78 Å². The van der Waals surface area contributed by atoms with Crippen molar-refractivity contribution in [2.75, 3.05) is 20.3 Å². The van der Waals surface area contributed by atoms with E-state index in [4.69, 9.17) is 13.7 Å². The number of ether oxygens (including phenoxy) is 2. The van der Waals surface area contributed by atoms with E-state index in [1.165, 1.54) is 28.8 Å². The van der Waals surface area contributed by atoms with E-state index in [2.05, 4.69) is 4.98 Å². The smallest absolute Gasteiger partial charge is 0.360 e. The zero-order valence-electron chi connectivity index (χ0n) is 16.3. The fourth-order valence-corrected chi connectivity index (χ4v) is 4.08. The largest absolute Gasteiger partial charge is 0.464 e. The van der Waals surface area contributed by atoms with Crippen LogP contribution in [0.5, 0.6) is 5.75 Å². The Morgan fingerprint density at radius 1 is 1.28 bits per heavy atom. The summed E-state index contributed by atoms with van der Waals surface area (Å²) in [4.78, 5) is 29.7. The number of hydrogen-bond donors (Lipinski definition) is 0. The van der Waals surface area contributed by atoms with Crippen LogP contribution < -0.4 is 9.74 Å². The van der Waals surface area contributed by atoms with Crippen molar-refractivity contribution >= 4 is 16.1 Å². The Bertz CT molecular complexity index is 1060. The number of esters is 1. The Morgan fingerprint density at radius 2 is 1.97 bits per heavy atom. The van der Waals surface area contributed by atoms with Gasteiger partial charge in [-0.15, -0.1) is 0 Å². The maximum atomic E-state index is 13.3. The molecule has 156 valence electrons. The number of aromatic nitrogens is 2. The molecule has 0 unspecified atom stereocenters. The van der Waals surface area contributed by atoms with Gasteiger partial charge < -0.3 is 13.7 Å². The molecule has 1 aromatic heterocycles. The Morgan fingerprint density at radius 3 is 2.59 bits per heavy atom. The van der Waals surface area contributed by atoms with E-state index in [0.29, 0.717) is 18.9 Å². The number of rotatable bonds is 5. The monoisotopic (exact) mass is 422 g/mol. The highest BCUT2D eigenvalue weighted by molar-refractivity contribution is 7.87. The Hall–Kier alpha value is -2.72. The third kappa shape index (κ3) is 4.03. The van der Waals surface area contributed by atoms with Gasteiger partial charge in [-0.2, -0.15) is 8.42 Å². The topological polar surface area (TPSA) is 114 Å². The molecule has 10 heteroatoms. The van der Waals surface area contributed by atoms with E-state index in [1.807, 2.05) is 6.92 Å². The molecule has 0 saturated carbocycles. The lowest BCUT2D eigenvalue weighted by molar-refractivity contribution is 0.0590. The van der Waals surface area contributed by atoms with Crippen LogP contribution in [0, 0.1) is 0 Å². The molecule has 0 bridgehead atoms. The van der Waals surface area contributed by atoms with Gasteiger partial charge in [-0.1, -0.05) is 32.0 Å². The van der Waals surface area contributed by atoms with Gasteiger partial charge in [-0.05, 0) is 18.6 Å². The average Bonchev–Trinajstić information content (AvgIpc) is 2.88. The number of fused-ring (bicyclic) bond motifs is 1. The molecule has 29 heavy (non-hydrogen) atoms. The highest BCUT2D eigenvalue weighted by Crippen LogP contribution is 2.27. The molecular formula is C19H22N2O7S. The molecule has 2 aromatic rings. The summed E-state index contributed by atoms with van der Waals surface area (Å²) < 4.78 is 42.2. The molecule has 0 spiro atoms. The molecule has 3 rings (SSSR count). The summed E-state index contributed by atoms with van der Waals surface area (Å²) in [6.45, 7) is 4.25. The molecule has 2 atom stereocenters. The number of benzene rings is 1. The van der Waals surface area contributed by atoms with Crippen LogP contribution in [0.4, 0.5) is 0 Å². The van der Waals surface area contributed by atoms with E-state index in [1.54, 1.807) is 13.0 Å². The molecule has 0 radical (unpaired) electrons. The second kappa shape index (κ2) is 8.34.